The minimum atomic E-state index is -0.986. The Labute approximate surface area is 107 Å². The summed E-state index contributed by atoms with van der Waals surface area (Å²) in [7, 11) is 0. The van der Waals surface area contributed by atoms with Crippen molar-refractivity contribution in [1.82, 2.24) is 10.2 Å². The largest absolute Gasteiger partial charge is 0.394 e. The number of nitrogens with zero attached hydrogens (tertiary/aromatic N) is 1. The van der Waals surface area contributed by atoms with E-state index in [2.05, 4.69) is 15.5 Å². The maximum absolute atomic E-state index is 13.0. The lowest BCUT2D eigenvalue weighted by molar-refractivity contribution is -0.115. The number of nitrogens with one attached hydrogen (secondary N) is 2. The van der Waals surface area contributed by atoms with Gasteiger partial charge in [0.25, 0.3) is 0 Å². The Bertz CT molecular complexity index is 624. The highest BCUT2D eigenvalue weighted by Crippen LogP contribution is 2.18. The molecule has 19 heavy (non-hydrogen) atoms. The Balaban J connectivity index is 2.05. The van der Waals surface area contributed by atoms with E-state index in [9.17, 15) is 13.6 Å². The van der Waals surface area contributed by atoms with E-state index in [4.69, 9.17) is 5.73 Å². The summed E-state index contributed by atoms with van der Waals surface area (Å²) in [6.45, 7) is 1.72. The number of hydrogen-bond acceptors (Lipinski definition) is 3. The molecule has 1 aromatic heterocycles. The average Bonchev–Trinajstić information content (AvgIpc) is 2.66. The molecule has 0 aliphatic rings. The molecule has 5 nitrogen and oxygen atoms in total. The molecule has 0 aliphatic heterocycles. The second kappa shape index (κ2) is 5.05. The summed E-state index contributed by atoms with van der Waals surface area (Å²) in [6, 6.07) is 3.30. The third kappa shape index (κ3) is 2.87. The quantitative estimate of drug-likeness (QED) is 0.791. The molecule has 2 aromatic rings. The van der Waals surface area contributed by atoms with Crippen LogP contribution in [-0.2, 0) is 11.2 Å². The lowest BCUT2D eigenvalue weighted by atomic mass is 10.1. The van der Waals surface area contributed by atoms with Crippen LogP contribution in [0.25, 0.3) is 0 Å². The molecule has 0 spiro atoms. The zero-order chi connectivity index (χ0) is 14.0. The number of aromatic amines is 1. The molecule has 4 N–H and O–H groups in total. The molecular formula is C12H12F2N4O. The van der Waals surface area contributed by atoms with Gasteiger partial charge in [-0.2, -0.15) is 5.10 Å². The predicted molar refractivity (Wildman–Crippen MR) is 66.4 cm³/mol. The van der Waals surface area contributed by atoms with Crippen molar-refractivity contribution in [2.45, 2.75) is 13.3 Å². The second-order valence-corrected chi connectivity index (χ2v) is 4.08. The van der Waals surface area contributed by atoms with E-state index in [1.54, 1.807) is 6.92 Å². The highest BCUT2D eigenvalue weighted by Gasteiger charge is 2.11. The molecule has 0 bridgehead atoms. The molecule has 0 saturated heterocycles. The van der Waals surface area contributed by atoms with E-state index >= 15 is 0 Å². The molecule has 100 valence electrons. The average molecular weight is 266 g/mol. The normalized spacial score (nSPS) is 10.5. The van der Waals surface area contributed by atoms with E-state index in [0.29, 0.717) is 16.9 Å². The summed E-state index contributed by atoms with van der Waals surface area (Å²) in [5, 5.41) is 8.93. The first-order valence-electron chi connectivity index (χ1n) is 5.51. The van der Waals surface area contributed by atoms with Crippen molar-refractivity contribution in [3.63, 3.8) is 0 Å². The summed E-state index contributed by atoms with van der Waals surface area (Å²) < 4.78 is 25.7. The van der Waals surface area contributed by atoms with Gasteiger partial charge in [-0.25, -0.2) is 8.78 Å². The summed E-state index contributed by atoms with van der Waals surface area (Å²) in [4.78, 5) is 11.7. The number of halogens is 2. The van der Waals surface area contributed by atoms with Gasteiger partial charge in [0, 0.05) is 0 Å². The van der Waals surface area contributed by atoms with Gasteiger partial charge in [0.15, 0.2) is 17.5 Å². The molecule has 1 aromatic carbocycles. The number of rotatable bonds is 3. The zero-order valence-electron chi connectivity index (χ0n) is 10.1. The molecule has 1 heterocycles. The first kappa shape index (κ1) is 13.0. The maximum Gasteiger partial charge on any atom is 0.230 e. The van der Waals surface area contributed by atoms with Crippen LogP contribution in [0, 0.1) is 18.6 Å². The Kier molecular flexibility index (Phi) is 3.46. The number of carbonyl (C=O) groups is 1. The summed E-state index contributed by atoms with van der Waals surface area (Å²) in [5.74, 6) is -2.12. The SMILES string of the molecule is Cc1[nH]nc(NC(=O)Cc2ccc(F)c(F)c2)c1N. The van der Waals surface area contributed by atoms with E-state index < -0.39 is 17.5 Å². The fraction of sp³-hybridized carbons (Fsp3) is 0.167. The van der Waals surface area contributed by atoms with Crippen molar-refractivity contribution in [3.05, 3.63) is 41.1 Å². The second-order valence-electron chi connectivity index (χ2n) is 4.08. The topological polar surface area (TPSA) is 83.8 Å². The van der Waals surface area contributed by atoms with Crippen molar-refractivity contribution >= 4 is 17.4 Å². The third-order valence-corrected chi connectivity index (χ3v) is 2.60. The van der Waals surface area contributed by atoms with Gasteiger partial charge < -0.3 is 11.1 Å². The predicted octanol–water partition coefficient (Wildman–Crippen LogP) is 1.76. The molecule has 0 saturated carbocycles. The molecule has 7 heteroatoms. The number of nitrogen functional groups attached to an aromatic ring is 1. The number of carbonyl (C=O) groups excluding carboxylic acids is 1. The van der Waals surface area contributed by atoms with Gasteiger partial charge >= 0.3 is 0 Å². The fourth-order valence-corrected chi connectivity index (χ4v) is 1.54. The molecule has 0 aliphatic carbocycles. The van der Waals surface area contributed by atoms with Crippen LogP contribution in [0.2, 0.25) is 0 Å². The van der Waals surface area contributed by atoms with Crippen molar-refractivity contribution in [2.75, 3.05) is 11.1 Å². The van der Waals surface area contributed by atoms with Gasteiger partial charge in [-0.1, -0.05) is 6.07 Å². The van der Waals surface area contributed by atoms with Gasteiger partial charge in [-0.15, -0.1) is 0 Å². The van der Waals surface area contributed by atoms with Crippen LogP contribution in [0.5, 0.6) is 0 Å². The van der Waals surface area contributed by atoms with Crippen LogP contribution in [0.15, 0.2) is 18.2 Å². The number of nitrogens with two attached hydrogens (primary N) is 1. The van der Waals surface area contributed by atoms with Crippen LogP contribution < -0.4 is 11.1 Å². The Morgan fingerprint density at radius 2 is 2.16 bits per heavy atom. The highest BCUT2D eigenvalue weighted by molar-refractivity contribution is 5.94. The van der Waals surface area contributed by atoms with Crippen molar-refractivity contribution in [1.29, 1.82) is 0 Å². The third-order valence-electron chi connectivity index (χ3n) is 2.60. The maximum atomic E-state index is 13.0. The monoisotopic (exact) mass is 266 g/mol. The van der Waals surface area contributed by atoms with Gasteiger partial charge in [0.1, 0.15) is 0 Å². The van der Waals surface area contributed by atoms with Crippen molar-refractivity contribution < 1.29 is 13.6 Å². The first-order chi connectivity index (χ1) is 8.97. The lowest BCUT2D eigenvalue weighted by Gasteiger charge is -2.04. The molecule has 0 fully saturated rings. The van der Waals surface area contributed by atoms with E-state index in [1.165, 1.54) is 6.07 Å². The minimum Gasteiger partial charge on any atom is -0.394 e. The molecule has 2 rings (SSSR count). The Hall–Kier alpha value is -2.44. The zero-order valence-corrected chi connectivity index (χ0v) is 10.1. The molecule has 0 radical (unpaired) electrons. The van der Waals surface area contributed by atoms with Gasteiger partial charge in [0.05, 0.1) is 17.8 Å². The number of anilines is 2. The van der Waals surface area contributed by atoms with Gasteiger partial charge in [-0.05, 0) is 24.6 Å². The number of amides is 1. The number of hydrogen-bond donors (Lipinski definition) is 3. The van der Waals surface area contributed by atoms with Crippen molar-refractivity contribution in [2.24, 2.45) is 0 Å². The number of benzene rings is 1. The first-order valence-corrected chi connectivity index (χ1v) is 5.51. The summed E-state index contributed by atoms with van der Waals surface area (Å²) in [5.41, 5.74) is 7.02. The van der Waals surface area contributed by atoms with Crippen LogP contribution in [0.3, 0.4) is 0 Å². The minimum absolute atomic E-state index is 0.0947. The Morgan fingerprint density at radius 1 is 1.42 bits per heavy atom. The van der Waals surface area contributed by atoms with Crippen LogP contribution in [0.1, 0.15) is 11.3 Å². The van der Waals surface area contributed by atoms with Crippen molar-refractivity contribution in [3.8, 4) is 0 Å². The van der Waals surface area contributed by atoms with Crippen LogP contribution in [-0.4, -0.2) is 16.1 Å². The Morgan fingerprint density at radius 3 is 2.74 bits per heavy atom. The summed E-state index contributed by atoms with van der Waals surface area (Å²) in [6.07, 6.45) is -0.0947. The van der Waals surface area contributed by atoms with E-state index in [1.807, 2.05) is 0 Å². The molecule has 1 amide bonds. The summed E-state index contributed by atoms with van der Waals surface area (Å²) >= 11 is 0. The standard InChI is InChI=1S/C12H12F2N4O/c1-6-11(15)12(18-17-6)16-10(19)5-7-2-3-8(13)9(14)4-7/h2-4H,5,15H2,1H3,(H2,16,17,18,19). The van der Waals surface area contributed by atoms with Crippen LogP contribution >= 0.6 is 0 Å². The van der Waals surface area contributed by atoms with E-state index in [0.717, 1.165) is 12.1 Å². The molecule has 0 unspecified atom stereocenters. The number of H-pyrrole nitrogens is 1. The van der Waals surface area contributed by atoms with Gasteiger partial charge in [-0.3, -0.25) is 9.89 Å². The smallest absolute Gasteiger partial charge is 0.230 e. The van der Waals surface area contributed by atoms with E-state index in [-0.39, 0.29) is 12.2 Å². The van der Waals surface area contributed by atoms with Crippen LogP contribution in [0.4, 0.5) is 20.3 Å². The number of aryl methyl sites for hydroxylation is 1. The molecule has 0 atom stereocenters. The number of aromatic nitrogens is 2. The highest BCUT2D eigenvalue weighted by atomic mass is 19.2. The fourth-order valence-electron chi connectivity index (χ4n) is 1.54. The molecular weight excluding hydrogens is 254 g/mol. The lowest BCUT2D eigenvalue weighted by Crippen LogP contribution is -2.15. The van der Waals surface area contributed by atoms with Gasteiger partial charge in [0.2, 0.25) is 5.91 Å².